The van der Waals surface area contributed by atoms with Crippen LogP contribution < -0.4 is 0 Å². The molecule has 0 amide bonds. The number of hydrogen-bond donors (Lipinski definition) is 0. The summed E-state index contributed by atoms with van der Waals surface area (Å²) in [5.41, 5.74) is 4.17. The van der Waals surface area contributed by atoms with E-state index in [1.165, 1.54) is 0 Å². The Balaban J connectivity index is 1.39. The molecule has 0 aliphatic carbocycles. The second-order valence-corrected chi connectivity index (χ2v) is 7.24. The predicted octanol–water partition coefficient (Wildman–Crippen LogP) is 5.83. The Hall–Kier alpha value is -3.99. The van der Waals surface area contributed by atoms with Crippen molar-refractivity contribution < 1.29 is 4.79 Å². The number of aromatic nitrogens is 4. The molecule has 2 aromatic heterocycles. The highest BCUT2D eigenvalue weighted by Gasteiger charge is 2.06. The van der Waals surface area contributed by atoms with Crippen LogP contribution >= 0.6 is 0 Å². The smallest absolute Gasteiger partial charge is 0.178 e. The third kappa shape index (κ3) is 4.52. The van der Waals surface area contributed by atoms with E-state index in [0.717, 1.165) is 46.8 Å². The largest absolute Gasteiger partial charge is 0.325 e. The molecule has 0 aliphatic rings. The van der Waals surface area contributed by atoms with Gasteiger partial charge >= 0.3 is 0 Å². The third-order valence-electron chi connectivity index (χ3n) is 5.23. The van der Waals surface area contributed by atoms with Crippen LogP contribution in [0.3, 0.4) is 0 Å². The van der Waals surface area contributed by atoms with Crippen molar-refractivity contribution in [2.45, 2.75) is 26.9 Å². The van der Waals surface area contributed by atoms with Gasteiger partial charge in [0.25, 0.3) is 0 Å². The van der Waals surface area contributed by atoms with E-state index in [1.54, 1.807) is 24.3 Å². The fourth-order valence-electron chi connectivity index (χ4n) is 3.75. The lowest BCUT2D eigenvalue weighted by Gasteiger charge is -2.01. The van der Waals surface area contributed by atoms with E-state index in [0.29, 0.717) is 0 Å². The predicted molar refractivity (Wildman–Crippen MR) is 132 cm³/mol. The van der Waals surface area contributed by atoms with Crippen molar-refractivity contribution in [3.8, 4) is 0 Å². The molecule has 0 fully saturated rings. The molecule has 0 saturated carbocycles. The van der Waals surface area contributed by atoms with Crippen LogP contribution in [0.5, 0.6) is 0 Å². The van der Waals surface area contributed by atoms with Gasteiger partial charge in [-0.1, -0.05) is 48.6 Å². The van der Waals surface area contributed by atoms with Crippen molar-refractivity contribution in [2.24, 2.45) is 0 Å². The number of hydrogen-bond acceptors (Lipinski definition) is 3. The Kier molecular flexibility index (Phi) is 6.56. The summed E-state index contributed by atoms with van der Waals surface area (Å²) in [4.78, 5) is 21.4. The monoisotopic (exact) mass is 422 g/mol. The maximum atomic E-state index is 12.1. The van der Waals surface area contributed by atoms with Crippen molar-refractivity contribution in [1.29, 1.82) is 0 Å². The number of rotatable bonds is 8. The van der Waals surface area contributed by atoms with E-state index < -0.39 is 0 Å². The molecule has 2 heterocycles. The number of aryl methyl sites for hydroxylation is 2. The molecule has 0 aliphatic heterocycles. The zero-order valence-electron chi connectivity index (χ0n) is 18.3. The Morgan fingerprint density at radius 2 is 1.16 bits per heavy atom. The number of para-hydroxylation sites is 4. The Morgan fingerprint density at radius 3 is 1.59 bits per heavy atom. The molecule has 0 bridgehead atoms. The molecule has 4 rings (SSSR count). The van der Waals surface area contributed by atoms with Gasteiger partial charge in [-0.25, -0.2) is 9.97 Å². The van der Waals surface area contributed by atoms with Crippen LogP contribution in [-0.2, 0) is 17.9 Å². The van der Waals surface area contributed by atoms with Crippen LogP contribution in [0.2, 0.25) is 0 Å². The summed E-state index contributed by atoms with van der Waals surface area (Å²) in [6, 6.07) is 16.1. The molecule has 2 aromatic carbocycles. The summed E-state index contributed by atoms with van der Waals surface area (Å²) in [6.07, 6.45) is 14.1. The topological polar surface area (TPSA) is 52.7 Å². The number of allylic oxidation sites excluding steroid dienone is 6. The summed E-state index contributed by atoms with van der Waals surface area (Å²) in [6.45, 7) is 5.87. The molecule has 5 nitrogen and oxygen atoms in total. The highest BCUT2D eigenvalue weighted by Crippen LogP contribution is 2.17. The molecular formula is C27H26N4O. The Labute approximate surface area is 187 Å². The highest BCUT2D eigenvalue weighted by atomic mass is 16.1. The van der Waals surface area contributed by atoms with E-state index in [1.807, 2.05) is 60.7 Å². The highest BCUT2D eigenvalue weighted by molar-refractivity contribution is 5.99. The third-order valence-corrected chi connectivity index (χ3v) is 5.23. The molecule has 0 saturated heterocycles. The number of carbonyl (C=O) groups excluding carboxylic acids is 1. The first kappa shape index (κ1) is 21.2. The first-order chi connectivity index (χ1) is 15.7. The summed E-state index contributed by atoms with van der Waals surface area (Å²) in [5, 5.41) is 0. The van der Waals surface area contributed by atoms with Crippen LogP contribution in [0.15, 0.2) is 85.0 Å². The van der Waals surface area contributed by atoms with E-state index in [4.69, 9.17) is 0 Å². The van der Waals surface area contributed by atoms with Crippen LogP contribution in [0, 0.1) is 0 Å². The molecule has 0 spiro atoms. The van der Waals surface area contributed by atoms with Crippen LogP contribution in [0.4, 0.5) is 0 Å². The van der Waals surface area contributed by atoms with Crippen molar-refractivity contribution in [2.75, 3.05) is 0 Å². The minimum atomic E-state index is -0.0766. The van der Waals surface area contributed by atoms with Gasteiger partial charge in [-0.15, -0.1) is 0 Å². The van der Waals surface area contributed by atoms with Crippen molar-refractivity contribution in [3.05, 3.63) is 96.6 Å². The molecular weight excluding hydrogens is 396 g/mol. The minimum Gasteiger partial charge on any atom is -0.325 e. The van der Waals surface area contributed by atoms with E-state index in [-0.39, 0.29) is 5.78 Å². The summed E-state index contributed by atoms with van der Waals surface area (Å²) in [7, 11) is 0. The van der Waals surface area contributed by atoms with Gasteiger partial charge in [0.05, 0.1) is 22.1 Å². The van der Waals surface area contributed by atoms with Gasteiger partial charge in [0.15, 0.2) is 5.78 Å². The molecule has 0 radical (unpaired) electrons. The SMILES string of the molecule is CCn1c(/C=C/C=C/C(=O)/C=C/C=C/c2nc3ccccc3n2CC)nc2ccccc21. The lowest BCUT2D eigenvalue weighted by molar-refractivity contribution is -0.110. The average molecular weight is 423 g/mol. The minimum absolute atomic E-state index is 0.0766. The van der Waals surface area contributed by atoms with Gasteiger partial charge in [-0.3, -0.25) is 4.79 Å². The fourth-order valence-corrected chi connectivity index (χ4v) is 3.75. The standard InChI is InChI=1S/C27H26N4O/c1-3-30-24-17-9-7-15-22(24)28-26(30)19-11-5-13-21(32)14-6-12-20-27-29-23-16-8-10-18-25(23)31(27)4-2/h5-20H,3-4H2,1-2H3/b13-5+,14-6+,19-11+,20-12+. The molecule has 32 heavy (non-hydrogen) atoms. The first-order valence-corrected chi connectivity index (χ1v) is 10.8. The lowest BCUT2D eigenvalue weighted by Crippen LogP contribution is -1.96. The van der Waals surface area contributed by atoms with Crippen molar-refractivity contribution in [3.63, 3.8) is 0 Å². The maximum Gasteiger partial charge on any atom is 0.178 e. The number of benzene rings is 2. The Morgan fingerprint density at radius 1 is 0.719 bits per heavy atom. The van der Waals surface area contributed by atoms with Crippen molar-refractivity contribution in [1.82, 2.24) is 19.1 Å². The summed E-state index contributed by atoms with van der Waals surface area (Å²) < 4.78 is 4.30. The fraction of sp³-hybridized carbons (Fsp3) is 0.148. The summed E-state index contributed by atoms with van der Waals surface area (Å²) in [5.74, 6) is 1.68. The van der Waals surface area contributed by atoms with E-state index >= 15 is 0 Å². The number of nitrogens with zero attached hydrogens (tertiary/aromatic N) is 4. The number of carbonyl (C=O) groups is 1. The summed E-state index contributed by atoms with van der Waals surface area (Å²) >= 11 is 0. The van der Waals surface area contributed by atoms with Gasteiger partial charge in [-0.2, -0.15) is 0 Å². The zero-order chi connectivity index (χ0) is 22.3. The quantitative estimate of drug-likeness (QED) is 0.265. The number of fused-ring (bicyclic) bond motifs is 2. The van der Waals surface area contributed by atoms with Gasteiger partial charge in [-0.05, 0) is 62.4 Å². The first-order valence-electron chi connectivity index (χ1n) is 10.8. The molecule has 160 valence electrons. The molecule has 0 atom stereocenters. The number of ketones is 1. The van der Waals surface area contributed by atoms with Gasteiger partial charge < -0.3 is 9.13 Å². The van der Waals surface area contributed by atoms with Crippen LogP contribution in [-0.4, -0.2) is 24.9 Å². The lowest BCUT2D eigenvalue weighted by atomic mass is 10.3. The number of imidazole rings is 2. The van der Waals surface area contributed by atoms with Crippen molar-refractivity contribution >= 4 is 40.0 Å². The van der Waals surface area contributed by atoms with Gasteiger partial charge in [0.2, 0.25) is 0 Å². The molecule has 4 aromatic rings. The Bertz CT molecular complexity index is 1260. The normalized spacial score (nSPS) is 12.6. The van der Waals surface area contributed by atoms with Crippen LogP contribution in [0.1, 0.15) is 25.5 Å². The second-order valence-electron chi connectivity index (χ2n) is 7.24. The van der Waals surface area contributed by atoms with E-state index in [9.17, 15) is 4.79 Å². The molecule has 5 heteroatoms. The average Bonchev–Trinajstić information content (AvgIpc) is 3.36. The molecule has 0 unspecified atom stereocenters. The second kappa shape index (κ2) is 9.88. The van der Waals surface area contributed by atoms with Gasteiger partial charge in [0.1, 0.15) is 11.6 Å². The molecule has 0 N–H and O–H groups in total. The maximum absolute atomic E-state index is 12.1. The van der Waals surface area contributed by atoms with E-state index in [2.05, 4.69) is 45.1 Å². The van der Waals surface area contributed by atoms with Gasteiger partial charge in [0, 0.05) is 13.1 Å². The van der Waals surface area contributed by atoms with Crippen LogP contribution in [0.25, 0.3) is 34.2 Å². The zero-order valence-corrected chi connectivity index (χ0v) is 18.3.